The first-order valence-corrected chi connectivity index (χ1v) is 21.0. The van der Waals surface area contributed by atoms with Crippen molar-refractivity contribution in [2.75, 3.05) is 24.2 Å². The van der Waals surface area contributed by atoms with Crippen LogP contribution >= 0.6 is 11.6 Å². The highest BCUT2D eigenvalue weighted by Gasteiger charge is 2.27. The zero-order chi connectivity index (χ0) is 42.6. The van der Waals surface area contributed by atoms with E-state index in [1.807, 2.05) is 50.2 Å². The molecular weight excluding hydrogens is 778 g/mol. The van der Waals surface area contributed by atoms with Gasteiger partial charge in [0.2, 0.25) is 21.8 Å². The fourth-order valence-electron chi connectivity index (χ4n) is 6.00. The van der Waals surface area contributed by atoms with Crippen LogP contribution in [0.1, 0.15) is 76.7 Å². The Kier molecular flexibility index (Phi) is 16.0. The van der Waals surface area contributed by atoms with Crippen LogP contribution in [0.3, 0.4) is 0 Å². The summed E-state index contributed by atoms with van der Waals surface area (Å²) in [5, 5.41) is 24.5. The van der Waals surface area contributed by atoms with E-state index in [0.29, 0.717) is 17.0 Å². The molecule has 4 aromatic rings. The molecule has 15 heteroatoms. The Balaban J connectivity index is 1.51. The Morgan fingerprint density at radius 2 is 1.41 bits per heavy atom. The topological polar surface area (TPSA) is 190 Å². The second kappa shape index (κ2) is 20.6. The first-order valence-electron chi connectivity index (χ1n) is 18.8. The number of nitriles is 1. The smallest absolute Gasteiger partial charge is 0.251 e. The third-order valence-corrected chi connectivity index (χ3v) is 10.9. The maximum atomic E-state index is 14.0. The highest BCUT2D eigenvalue weighted by Crippen LogP contribution is 2.23. The third kappa shape index (κ3) is 13.2. The molecule has 4 rings (SSSR count). The van der Waals surface area contributed by atoms with Gasteiger partial charge in [-0.25, -0.2) is 8.42 Å². The number of nitrogens with zero attached hydrogens (tertiary/aromatic N) is 2. The van der Waals surface area contributed by atoms with E-state index in [-0.39, 0.29) is 41.7 Å². The monoisotopic (exact) mass is 827 g/mol. The van der Waals surface area contributed by atoms with Gasteiger partial charge in [0, 0.05) is 42.3 Å². The van der Waals surface area contributed by atoms with Crippen LogP contribution in [-0.2, 0) is 32.6 Å². The van der Waals surface area contributed by atoms with E-state index in [2.05, 4.69) is 32.7 Å². The summed E-state index contributed by atoms with van der Waals surface area (Å²) in [6, 6.07) is 27.0. The van der Waals surface area contributed by atoms with Gasteiger partial charge in [-0.3, -0.25) is 23.5 Å². The Hall–Kier alpha value is -5.75. The van der Waals surface area contributed by atoms with Gasteiger partial charge in [-0.15, -0.1) is 0 Å². The second-order valence-electron chi connectivity index (χ2n) is 14.5. The van der Waals surface area contributed by atoms with Gasteiger partial charge in [-0.1, -0.05) is 80.0 Å². The van der Waals surface area contributed by atoms with Crippen LogP contribution in [0.15, 0.2) is 97.1 Å². The average molecular weight is 828 g/mol. The molecule has 58 heavy (non-hydrogen) atoms. The number of amides is 4. The molecule has 4 amide bonds. The van der Waals surface area contributed by atoms with Gasteiger partial charge in [0.15, 0.2) is 0 Å². The normalized spacial score (nSPS) is 13.3. The Morgan fingerprint density at radius 3 is 2.03 bits per heavy atom. The summed E-state index contributed by atoms with van der Waals surface area (Å²) in [6.07, 6.45) is 1.39. The van der Waals surface area contributed by atoms with Crippen molar-refractivity contribution in [2.45, 2.75) is 64.8 Å². The van der Waals surface area contributed by atoms with E-state index in [1.54, 1.807) is 56.3 Å². The molecule has 0 aliphatic rings. The van der Waals surface area contributed by atoms with E-state index in [1.165, 1.54) is 25.2 Å². The molecule has 0 unspecified atom stereocenters. The summed E-state index contributed by atoms with van der Waals surface area (Å²) in [6.45, 7) is 7.39. The molecule has 0 aliphatic carbocycles. The summed E-state index contributed by atoms with van der Waals surface area (Å²) < 4.78 is 26.1. The minimum atomic E-state index is -3.77. The lowest BCUT2D eigenvalue weighted by molar-refractivity contribution is -0.131. The second-order valence-corrected chi connectivity index (χ2v) is 16.9. The van der Waals surface area contributed by atoms with Crippen LogP contribution in [0.25, 0.3) is 0 Å². The van der Waals surface area contributed by atoms with Crippen molar-refractivity contribution in [1.29, 1.82) is 5.26 Å². The van der Waals surface area contributed by atoms with Crippen LogP contribution in [0.2, 0.25) is 5.02 Å². The molecular formula is C43H50ClN7O6S. The van der Waals surface area contributed by atoms with E-state index in [0.717, 1.165) is 27.3 Å². The van der Waals surface area contributed by atoms with Crippen molar-refractivity contribution >= 4 is 50.9 Å². The van der Waals surface area contributed by atoms with Gasteiger partial charge in [-0.05, 0) is 85.3 Å². The molecule has 4 atom stereocenters. The highest BCUT2D eigenvalue weighted by atomic mass is 35.5. The first kappa shape index (κ1) is 45.0. The molecule has 0 bridgehead atoms. The number of anilines is 1. The quantitative estimate of drug-likeness (QED) is 0.0939. The zero-order valence-electron chi connectivity index (χ0n) is 33.4. The molecule has 5 N–H and O–H groups in total. The molecule has 13 nitrogen and oxygen atoms in total. The minimum Gasteiger partial charge on any atom is -0.350 e. The standard InChI is InChI=1S/C43H50ClN7O6S/c1-27(2)39(43(55)47-25-32-15-10-14-31(18-32)24-45)50-40(52)29(4)46-26-37(19-30-12-8-7-9-13-30)49-42(54)35-20-34(22-38(23-35)51(5)58(6,56)57)41(53)48-28(3)33-16-11-17-36(44)21-33/h7-18,20-23,27-29,37,39,46H,19,25-26H2,1-6H3,(H,47,55)(H,48,53)(H,49,54)(H,50,52)/t28-,29+,37+,39+/m1/s1. The van der Waals surface area contributed by atoms with Crippen LogP contribution in [0.4, 0.5) is 5.69 Å². The summed E-state index contributed by atoms with van der Waals surface area (Å²) >= 11 is 6.16. The average Bonchev–Trinajstić information content (AvgIpc) is 3.20. The summed E-state index contributed by atoms with van der Waals surface area (Å²) in [4.78, 5) is 54.2. The van der Waals surface area contributed by atoms with Crippen LogP contribution < -0.4 is 30.9 Å². The zero-order valence-corrected chi connectivity index (χ0v) is 34.9. The molecule has 0 saturated carbocycles. The lowest BCUT2D eigenvalue weighted by Crippen LogP contribution is -2.55. The maximum absolute atomic E-state index is 14.0. The number of hydrogen-bond acceptors (Lipinski definition) is 8. The first-order chi connectivity index (χ1) is 27.4. The molecule has 0 aromatic heterocycles. The van der Waals surface area contributed by atoms with E-state index < -0.39 is 51.9 Å². The van der Waals surface area contributed by atoms with Gasteiger partial charge in [0.05, 0.1) is 35.7 Å². The fraction of sp³-hybridized carbons (Fsp3) is 0.326. The highest BCUT2D eigenvalue weighted by molar-refractivity contribution is 7.92. The number of benzene rings is 4. The van der Waals surface area contributed by atoms with Crippen LogP contribution in [0, 0.1) is 17.2 Å². The molecule has 4 aromatic carbocycles. The van der Waals surface area contributed by atoms with E-state index >= 15 is 0 Å². The van der Waals surface area contributed by atoms with Crippen molar-refractivity contribution in [3.8, 4) is 6.07 Å². The lowest BCUT2D eigenvalue weighted by atomic mass is 10.0. The summed E-state index contributed by atoms with van der Waals surface area (Å²) in [5.74, 6) is -2.14. The van der Waals surface area contributed by atoms with Gasteiger partial charge < -0.3 is 26.6 Å². The van der Waals surface area contributed by atoms with E-state index in [9.17, 15) is 32.9 Å². The van der Waals surface area contributed by atoms with Gasteiger partial charge in [-0.2, -0.15) is 5.26 Å². The predicted octanol–water partition coefficient (Wildman–Crippen LogP) is 4.87. The Labute approximate surface area is 345 Å². The van der Waals surface area contributed by atoms with Crippen molar-refractivity contribution in [1.82, 2.24) is 26.6 Å². The molecule has 0 fully saturated rings. The maximum Gasteiger partial charge on any atom is 0.251 e. The summed E-state index contributed by atoms with van der Waals surface area (Å²) in [5.41, 5.74) is 3.10. The number of hydrogen-bond donors (Lipinski definition) is 5. The summed E-state index contributed by atoms with van der Waals surface area (Å²) in [7, 11) is -2.44. The third-order valence-electron chi connectivity index (χ3n) is 9.49. The molecule has 0 aliphatic heterocycles. The molecule has 0 heterocycles. The van der Waals surface area contributed by atoms with Crippen molar-refractivity contribution in [3.63, 3.8) is 0 Å². The number of halogens is 1. The van der Waals surface area contributed by atoms with E-state index in [4.69, 9.17) is 11.6 Å². The number of sulfonamides is 1. The van der Waals surface area contributed by atoms with Crippen LogP contribution in [0.5, 0.6) is 0 Å². The van der Waals surface area contributed by atoms with Crippen LogP contribution in [-0.4, -0.2) is 70.0 Å². The number of rotatable bonds is 18. The van der Waals surface area contributed by atoms with Crippen molar-refractivity contribution in [3.05, 3.63) is 135 Å². The lowest BCUT2D eigenvalue weighted by Gasteiger charge is -2.26. The van der Waals surface area contributed by atoms with Gasteiger partial charge in [0.25, 0.3) is 11.8 Å². The fourth-order valence-corrected chi connectivity index (χ4v) is 6.69. The molecule has 306 valence electrons. The van der Waals surface area contributed by atoms with Crippen molar-refractivity contribution < 1.29 is 27.6 Å². The molecule has 0 spiro atoms. The predicted molar refractivity (Wildman–Crippen MR) is 226 cm³/mol. The Bertz CT molecular complexity index is 2250. The van der Waals surface area contributed by atoms with Crippen molar-refractivity contribution in [2.24, 2.45) is 5.92 Å². The van der Waals surface area contributed by atoms with Gasteiger partial charge >= 0.3 is 0 Å². The SMILES string of the molecule is CC(C)[C@H](NC(=O)[C@H](C)NC[C@H](Cc1ccccc1)NC(=O)c1cc(C(=O)N[C@H](C)c2cccc(Cl)c2)cc(N(C)S(C)(=O)=O)c1)C(=O)NCc1cccc(C#N)c1. The number of carbonyl (C=O) groups excluding carboxylic acids is 4. The van der Waals surface area contributed by atoms with Gasteiger partial charge in [0.1, 0.15) is 6.04 Å². The number of carbonyl (C=O) groups is 4. The number of nitrogens with one attached hydrogen (secondary N) is 5. The largest absolute Gasteiger partial charge is 0.350 e. The molecule has 0 saturated heterocycles. The Morgan fingerprint density at radius 1 is 0.776 bits per heavy atom. The minimum absolute atomic E-state index is 0.0440. The molecule has 0 radical (unpaired) electrons.